The average Bonchev–Trinajstić information content (AvgIpc) is 3.13. The van der Waals surface area contributed by atoms with Crippen LogP contribution in [-0.4, -0.2) is 56.3 Å². The summed E-state index contributed by atoms with van der Waals surface area (Å²) in [6.07, 6.45) is 3.88. The predicted molar refractivity (Wildman–Crippen MR) is 121 cm³/mol. The van der Waals surface area contributed by atoms with Gasteiger partial charge in [0.25, 0.3) is 0 Å². The number of guanidine groups is 1. The van der Waals surface area contributed by atoms with Crippen molar-refractivity contribution in [2.45, 2.75) is 45.2 Å². The molecule has 1 aromatic heterocycles. The average molecular weight is 492 g/mol. The van der Waals surface area contributed by atoms with Gasteiger partial charge in [0.1, 0.15) is 0 Å². The maximum absolute atomic E-state index is 5.53. The first-order valence-electron chi connectivity index (χ1n) is 9.71. The lowest BCUT2D eigenvalue weighted by molar-refractivity contribution is 0.0186. The summed E-state index contributed by atoms with van der Waals surface area (Å²) < 4.78 is 5.53. The number of halogens is 1. The third-order valence-electron chi connectivity index (χ3n) is 5.03. The molecule has 3 unspecified atom stereocenters. The Morgan fingerprint density at radius 1 is 1.38 bits per heavy atom. The summed E-state index contributed by atoms with van der Waals surface area (Å²) in [5, 5.41) is 9.21. The van der Waals surface area contributed by atoms with Crippen molar-refractivity contribution in [2.75, 3.05) is 39.4 Å². The van der Waals surface area contributed by atoms with Gasteiger partial charge in [0, 0.05) is 30.6 Å². The Bertz CT molecular complexity index is 534. The summed E-state index contributed by atoms with van der Waals surface area (Å²) in [5.41, 5.74) is 0. The lowest BCUT2D eigenvalue weighted by Crippen LogP contribution is -2.42. The van der Waals surface area contributed by atoms with E-state index in [1.165, 1.54) is 24.1 Å². The number of thiophene rings is 1. The van der Waals surface area contributed by atoms with Crippen molar-refractivity contribution >= 4 is 41.3 Å². The number of hydrogen-bond donors (Lipinski definition) is 2. The summed E-state index contributed by atoms with van der Waals surface area (Å²) in [5.74, 6) is 1.81. The Balaban J connectivity index is 0.00000243. The fourth-order valence-corrected chi connectivity index (χ4v) is 4.40. The van der Waals surface area contributed by atoms with E-state index in [4.69, 9.17) is 9.73 Å². The zero-order chi connectivity index (χ0) is 17.5. The fraction of sp³-hybridized carbons (Fsp3) is 0.737. The minimum atomic E-state index is 0. The van der Waals surface area contributed by atoms with E-state index in [0.29, 0.717) is 12.1 Å². The molecule has 0 amide bonds. The second-order valence-corrected chi connectivity index (χ2v) is 7.91. The maximum atomic E-state index is 5.53. The minimum Gasteiger partial charge on any atom is -0.379 e. The highest BCUT2D eigenvalue weighted by Crippen LogP contribution is 2.34. The maximum Gasteiger partial charge on any atom is 0.191 e. The molecule has 2 N–H and O–H groups in total. The first-order valence-corrected chi connectivity index (χ1v) is 10.6. The quantitative estimate of drug-likeness (QED) is 0.332. The fourth-order valence-electron chi connectivity index (χ4n) is 3.54. The van der Waals surface area contributed by atoms with Gasteiger partial charge in [-0.1, -0.05) is 19.4 Å². The summed E-state index contributed by atoms with van der Waals surface area (Å²) in [7, 11) is 0. The summed E-state index contributed by atoms with van der Waals surface area (Å²) in [4.78, 5) is 8.85. The Morgan fingerprint density at radius 3 is 2.85 bits per heavy atom. The lowest BCUT2D eigenvalue weighted by Gasteiger charge is -2.33. The van der Waals surface area contributed by atoms with Crippen molar-refractivity contribution in [3.63, 3.8) is 0 Å². The van der Waals surface area contributed by atoms with Gasteiger partial charge >= 0.3 is 0 Å². The van der Waals surface area contributed by atoms with E-state index in [2.05, 4.69) is 46.9 Å². The molecule has 0 radical (unpaired) electrons. The van der Waals surface area contributed by atoms with Crippen molar-refractivity contribution < 1.29 is 4.74 Å². The second-order valence-electron chi connectivity index (χ2n) is 6.93. The molecule has 7 heteroatoms. The van der Waals surface area contributed by atoms with E-state index in [9.17, 15) is 0 Å². The molecule has 1 saturated heterocycles. The number of rotatable bonds is 8. The number of morpholine rings is 1. The van der Waals surface area contributed by atoms with Gasteiger partial charge in [-0.2, -0.15) is 0 Å². The Labute approximate surface area is 179 Å². The van der Waals surface area contributed by atoms with Crippen LogP contribution in [0.3, 0.4) is 0 Å². The molecule has 5 nitrogen and oxygen atoms in total. The predicted octanol–water partition coefficient (Wildman–Crippen LogP) is 3.48. The van der Waals surface area contributed by atoms with Crippen LogP contribution in [0.5, 0.6) is 0 Å². The van der Waals surface area contributed by atoms with Gasteiger partial charge in [-0.05, 0) is 37.1 Å². The molecule has 0 aromatic carbocycles. The van der Waals surface area contributed by atoms with Gasteiger partial charge in [0.05, 0.1) is 25.8 Å². The third kappa shape index (κ3) is 6.35. The van der Waals surface area contributed by atoms with Crippen molar-refractivity contribution in [1.82, 2.24) is 15.5 Å². The van der Waals surface area contributed by atoms with E-state index in [0.717, 1.165) is 51.3 Å². The number of hydrogen-bond acceptors (Lipinski definition) is 4. The molecule has 1 aliphatic carbocycles. The molecular weight excluding hydrogens is 459 g/mol. The number of ether oxygens (including phenoxy) is 1. The van der Waals surface area contributed by atoms with Gasteiger partial charge in [0.15, 0.2) is 5.96 Å². The summed E-state index contributed by atoms with van der Waals surface area (Å²) >= 11 is 1.83. The molecule has 2 heterocycles. The van der Waals surface area contributed by atoms with E-state index in [-0.39, 0.29) is 24.0 Å². The van der Waals surface area contributed by atoms with E-state index in [1.54, 1.807) is 0 Å². The van der Waals surface area contributed by atoms with Crippen LogP contribution < -0.4 is 10.6 Å². The van der Waals surface area contributed by atoms with Crippen LogP contribution in [0.1, 0.15) is 44.0 Å². The van der Waals surface area contributed by atoms with Crippen molar-refractivity contribution in [3.8, 4) is 0 Å². The van der Waals surface area contributed by atoms with Crippen LogP contribution in [0, 0.1) is 5.92 Å². The zero-order valence-corrected chi connectivity index (χ0v) is 19.1. The van der Waals surface area contributed by atoms with Gasteiger partial charge in [0.2, 0.25) is 0 Å². The van der Waals surface area contributed by atoms with Gasteiger partial charge in [-0.15, -0.1) is 35.3 Å². The molecule has 26 heavy (non-hydrogen) atoms. The summed E-state index contributed by atoms with van der Waals surface area (Å²) in [6, 6.07) is 5.34. The first kappa shape index (κ1) is 21.9. The third-order valence-corrected chi connectivity index (χ3v) is 6.00. The first-order chi connectivity index (χ1) is 12.3. The number of nitrogens with one attached hydrogen (secondary N) is 2. The molecular formula is C19H33IN4OS. The SMILES string of the molecule is CCCC1CC1NC(=NCC(c1cccs1)N1CCOCC1)NCC.I. The topological polar surface area (TPSA) is 48.9 Å². The van der Waals surface area contributed by atoms with Crippen molar-refractivity contribution in [3.05, 3.63) is 22.4 Å². The van der Waals surface area contributed by atoms with Crippen LogP contribution in [0.2, 0.25) is 0 Å². The summed E-state index contributed by atoms with van der Waals surface area (Å²) in [6.45, 7) is 9.72. The molecule has 1 saturated carbocycles. The largest absolute Gasteiger partial charge is 0.379 e. The van der Waals surface area contributed by atoms with E-state index < -0.39 is 0 Å². The highest BCUT2D eigenvalue weighted by Gasteiger charge is 2.36. The highest BCUT2D eigenvalue weighted by atomic mass is 127. The molecule has 3 atom stereocenters. The van der Waals surface area contributed by atoms with E-state index in [1.807, 2.05) is 11.3 Å². The van der Waals surface area contributed by atoms with E-state index >= 15 is 0 Å². The van der Waals surface area contributed by atoms with Gasteiger partial charge in [-0.3, -0.25) is 9.89 Å². The normalized spacial score (nSPS) is 24.6. The Morgan fingerprint density at radius 2 is 2.19 bits per heavy atom. The van der Waals surface area contributed by atoms with Gasteiger partial charge < -0.3 is 15.4 Å². The second kappa shape index (κ2) is 11.5. The monoisotopic (exact) mass is 492 g/mol. The van der Waals surface area contributed by atoms with Crippen LogP contribution >= 0.6 is 35.3 Å². The molecule has 2 fully saturated rings. The number of aliphatic imine (C=N–C) groups is 1. The molecule has 148 valence electrons. The Hall–Kier alpha value is -0.380. The molecule has 1 aromatic rings. The molecule has 1 aliphatic heterocycles. The van der Waals surface area contributed by atoms with Gasteiger partial charge in [-0.25, -0.2) is 0 Å². The minimum absolute atomic E-state index is 0. The van der Waals surface area contributed by atoms with Crippen LogP contribution in [0.4, 0.5) is 0 Å². The van der Waals surface area contributed by atoms with Crippen LogP contribution in [0.25, 0.3) is 0 Å². The number of nitrogens with zero attached hydrogens (tertiary/aromatic N) is 2. The van der Waals surface area contributed by atoms with Crippen molar-refractivity contribution in [1.29, 1.82) is 0 Å². The molecule has 0 bridgehead atoms. The zero-order valence-electron chi connectivity index (χ0n) is 15.9. The van der Waals surface area contributed by atoms with Crippen LogP contribution in [0.15, 0.2) is 22.5 Å². The standard InChI is InChI=1S/C19H32N4OS.HI/c1-3-6-15-13-16(15)22-19(20-4-2)21-14-17(18-7-5-12-25-18)23-8-10-24-11-9-23;/h5,7,12,15-17H,3-4,6,8-11,13-14H2,1-2H3,(H2,20,21,22);1H. The lowest BCUT2D eigenvalue weighted by atomic mass is 10.2. The van der Waals surface area contributed by atoms with Crippen molar-refractivity contribution in [2.24, 2.45) is 10.9 Å². The highest BCUT2D eigenvalue weighted by molar-refractivity contribution is 14.0. The molecule has 3 rings (SSSR count). The van der Waals surface area contributed by atoms with Crippen LogP contribution in [-0.2, 0) is 4.74 Å². The molecule has 0 spiro atoms. The molecule has 2 aliphatic rings. The Kier molecular flexibility index (Phi) is 9.66. The smallest absolute Gasteiger partial charge is 0.191 e.